The van der Waals surface area contributed by atoms with Gasteiger partial charge < -0.3 is 14.9 Å². The Bertz CT molecular complexity index is 700. The van der Waals surface area contributed by atoms with E-state index in [1.165, 1.54) is 77.0 Å². The van der Waals surface area contributed by atoms with E-state index in [1.807, 2.05) is 6.07 Å². The van der Waals surface area contributed by atoms with E-state index in [1.54, 1.807) is 12.1 Å². The molecule has 0 aromatic heterocycles. The van der Waals surface area contributed by atoms with Gasteiger partial charge in [0.05, 0.1) is 0 Å². The lowest BCUT2D eigenvalue weighted by Gasteiger charge is -2.09. The van der Waals surface area contributed by atoms with Gasteiger partial charge in [0.25, 0.3) is 0 Å². The van der Waals surface area contributed by atoms with E-state index < -0.39 is 11.9 Å². The summed E-state index contributed by atoms with van der Waals surface area (Å²) in [5.41, 5.74) is 1.11. The minimum Gasteiger partial charge on any atom is -0.485 e. The number of rotatable bonds is 23. The summed E-state index contributed by atoms with van der Waals surface area (Å²) in [6.07, 6.45) is 21.2. The largest absolute Gasteiger partial charge is 0.485 e. The Morgan fingerprint density at radius 2 is 1.18 bits per heavy atom. The van der Waals surface area contributed by atoms with E-state index in [0.29, 0.717) is 12.7 Å². The fraction of sp³-hybridized carbons (Fsp3) is 0.679. The fourth-order valence-corrected chi connectivity index (χ4v) is 4.23. The summed E-state index contributed by atoms with van der Waals surface area (Å²) in [5.74, 6) is -1.47. The van der Waals surface area contributed by atoms with Gasteiger partial charge in [-0.15, -0.1) is 0 Å². The van der Waals surface area contributed by atoms with Crippen molar-refractivity contribution in [2.24, 2.45) is 0 Å². The molecule has 0 saturated heterocycles. The highest BCUT2D eigenvalue weighted by Crippen LogP contribution is 2.22. The van der Waals surface area contributed by atoms with Crippen molar-refractivity contribution in [3.63, 3.8) is 0 Å². The first-order valence-corrected chi connectivity index (χ1v) is 13.2. The number of hydrogen-bond acceptors (Lipinski definition) is 4. The molecule has 2 N–H and O–H groups in total. The number of carbonyl (C=O) groups excluding carboxylic acids is 1. The molecule has 0 spiro atoms. The summed E-state index contributed by atoms with van der Waals surface area (Å²) in [5, 5.41) is 17.9. The molecule has 0 bridgehead atoms. The molecule has 6 heteroatoms. The molecule has 192 valence electrons. The molecule has 34 heavy (non-hydrogen) atoms. The molecule has 0 radical (unpaired) electrons. The average molecular weight is 477 g/mol. The van der Waals surface area contributed by atoms with Gasteiger partial charge in [-0.25, -0.2) is 4.79 Å². The van der Waals surface area contributed by atoms with Gasteiger partial charge in [0, 0.05) is 6.42 Å². The molecule has 0 atom stereocenters. The Morgan fingerprint density at radius 3 is 1.62 bits per heavy atom. The lowest BCUT2D eigenvalue weighted by atomic mass is 10.0. The molecule has 0 amide bonds. The molecule has 6 nitrogen and oxygen atoms in total. The lowest BCUT2D eigenvalue weighted by Crippen LogP contribution is -2.06. The van der Waals surface area contributed by atoms with Crippen LogP contribution in [0.4, 0.5) is 0 Å². The van der Waals surface area contributed by atoms with Crippen LogP contribution in [0.25, 0.3) is 0 Å². The average Bonchev–Trinajstić information content (AvgIpc) is 2.82. The highest BCUT2D eigenvalue weighted by Gasteiger charge is 2.12. The number of ether oxygens (including phenoxy) is 1. The predicted molar refractivity (Wildman–Crippen MR) is 135 cm³/mol. The number of hydrogen-bond donors (Lipinski definition) is 2. The molecular weight excluding hydrogens is 432 g/mol. The summed E-state index contributed by atoms with van der Waals surface area (Å²) in [4.78, 5) is 32.3. The molecule has 1 aromatic carbocycles. The van der Waals surface area contributed by atoms with Gasteiger partial charge in [0.15, 0.2) is 6.29 Å². The van der Waals surface area contributed by atoms with Crippen molar-refractivity contribution in [2.45, 2.75) is 116 Å². The highest BCUT2D eigenvalue weighted by atomic mass is 16.5. The van der Waals surface area contributed by atoms with Crippen LogP contribution in [0.3, 0.4) is 0 Å². The zero-order valence-corrected chi connectivity index (χ0v) is 20.8. The van der Waals surface area contributed by atoms with E-state index in [4.69, 9.17) is 9.84 Å². The van der Waals surface area contributed by atoms with Crippen LogP contribution in [0.15, 0.2) is 18.2 Å². The van der Waals surface area contributed by atoms with E-state index in [9.17, 15) is 19.5 Å². The Labute approximate surface area is 205 Å². The molecule has 0 aliphatic rings. The SMILES string of the molecule is O=CCOc1ccc(CCCCCCCCCCCCCCCCCCC(=O)O)cc1C(=O)O. The van der Waals surface area contributed by atoms with E-state index in [2.05, 4.69) is 0 Å². The van der Waals surface area contributed by atoms with Crippen molar-refractivity contribution in [2.75, 3.05) is 6.61 Å². The predicted octanol–water partition coefficient (Wildman–Crippen LogP) is 7.22. The Morgan fingerprint density at radius 1 is 0.706 bits per heavy atom. The zero-order valence-electron chi connectivity index (χ0n) is 20.8. The summed E-state index contributed by atoms with van der Waals surface area (Å²) in [6.45, 7) is -0.140. The molecule has 1 rings (SSSR count). The number of aryl methyl sites for hydroxylation is 1. The van der Waals surface area contributed by atoms with Gasteiger partial charge >= 0.3 is 11.9 Å². The topological polar surface area (TPSA) is 101 Å². The van der Waals surface area contributed by atoms with Gasteiger partial charge in [-0.1, -0.05) is 96.0 Å². The summed E-state index contributed by atoms with van der Waals surface area (Å²) < 4.78 is 5.18. The Kier molecular flexibility index (Phi) is 17.5. The third-order valence-electron chi connectivity index (χ3n) is 6.19. The standard InChI is InChI=1S/C28H44O6/c29-21-22-34-26-20-19-24(23-25(26)28(32)33)17-15-13-11-9-7-5-3-1-2-4-6-8-10-12-14-16-18-27(30)31/h19-21,23H,1-18,22H2,(H,30,31)(H,32,33). The number of aromatic carboxylic acids is 1. The maximum atomic E-state index is 11.4. The first-order valence-electron chi connectivity index (χ1n) is 13.2. The van der Waals surface area contributed by atoms with Gasteiger partial charge in [0.2, 0.25) is 0 Å². The molecule has 0 aliphatic carbocycles. The first kappa shape index (κ1) is 29.7. The van der Waals surface area contributed by atoms with E-state index in [0.717, 1.165) is 37.7 Å². The van der Waals surface area contributed by atoms with Crippen molar-refractivity contribution in [1.29, 1.82) is 0 Å². The number of carboxylic acids is 2. The van der Waals surface area contributed by atoms with Crippen molar-refractivity contribution in [3.8, 4) is 5.75 Å². The van der Waals surface area contributed by atoms with Crippen LogP contribution >= 0.6 is 0 Å². The Balaban J connectivity index is 1.93. The smallest absolute Gasteiger partial charge is 0.339 e. The van der Waals surface area contributed by atoms with Crippen LogP contribution in [-0.2, 0) is 16.0 Å². The number of carbonyl (C=O) groups is 3. The maximum Gasteiger partial charge on any atom is 0.339 e. The van der Waals surface area contributed by atoms with Gasteiger partial charge in [-0.2, -0.15) is 0 Å². The maximum absolute atomic E-state index is 11.4. The highest BCUT2D eigenvalue weighted by molar-refractivity contribution is 5.91. The number of unbranched alkanes of at least 4 members (excludes halogenated alkanes) is 15. The van der Waals surface area contributed by atoms with Crippen LogP contribution in [0.2, 0.25) is 0 Å². The lowest BCUT2D eigenvalue weighted by molar-refractivity contribution is -0.137. The van der Waals surface area contributed by atoms with Crippen LogP contribution in [0.5, 0.6) is 5.75 Å². The quantitative estimate of drug-likeness (QED) is 0.128. The van der Waals surface area contributed by atoms with Crippen molar-refractivity contribution in [3.05, 3.63) is 29.3 Å². The van der Waals surface area contributed by atoms with Crippen molar-refractivity contribution < 1.29 is 29.3 Å². The molecule has 0 heterocycles. The Hall–Kier alpha value is -2.37. The second kappa shape index (κ2) is 20.0. The second-order valence-electron chi connectivity index (χ2n) is 9.16. The number of carboxylic acid groups (broad SMARTS) is 2. The van der Waals surface area contributed by atoms with Crippen LogP contribution in [0, 0.1) is 0 Å². The monoisotopic (exact) mass is 476 g/mol. The summed E-state index contributed by atoms with van der Waals surface area (Å²) in [6, 6.07) is 5.19. The molecule has 1 aromatic rings. The summed E-state index contributed by atoms with van der Waals surface area (Å²) >= 11 is 0. The number of aldehydes is 1. The third-order valence-corrected chi connectivity index (χ3v) is 6.19. The summed E-state index contributed by atoms with van der Waals surface area (Å²) in [7, 11) is 0. The second-order valence-corrected chi connectivity index (χ2v) is 9.16. The number of benzene rings is 1. The first-order chi connectivity index (χ1) is 16.5. The van der Waals surface area contributed by atoms with Crippen LogP contribution in [0.1, 0.15) is 125 Å². The number of aliphatic carboxylic acids is 1. The van der Waals surface area contributed by atoms with E-state index >= 15 is 0 Å². The molecular formula is C28H44O6. The van der Waals surface area contributed by atoms with Gasteiger partial charge in [-0.3, -0.25) is 9.59 Å². The van der Waals surface area contributed by atoms with E-state index in [-0.39, 0.29) is 17.9 Å². The minimum absolute atomic E-state index is 0.118. The normalized spacial score (nSPS) is 10.8. The molecule has 0 unspecified atom stereocenters. The molecule has 0 fully saturated rings. The third kappa shape index (κ3) is 15.5. The minimum atomic E-state index is -1.03. The van der Waals surface area contributed by atoms with Crippen LogP contribution < -0.4 is 4.74 Å². The van der Waals surface area contributed by atoms with Crippen LogP contribution in [-0.4, -0.2) is 35.0 Å². The van der Waals surface area contributed by atoms with Crippen molar-refractivity contribution >= 4 is 18.2 Å². The molecule has 0 saturated carbocycles. The molecule has 0 aliphatic heterocycles. The fourth-order valence-electron chi connectivity index (χ4n) is 4.23. The van der Waals surface area contributed by atoms with Gasteiger partial charge in [0.1, 0.15) is 17.9 Å². The zero-order chi connectivity index (χ0) is 24.9. The van der Waals surface area contributed by atoms with Gasteiger partial charge in [-0.05, 0) is 37.0 Å². The van der Waals surface area contributed by atoms with Crippen molar-refractivity contribution in [1.82, 2.24) is 0 Å².